The van der Waals surface area contributed by atoms with Gasteiger partial charge in [-0.05, 0) is 0 Å². The van der Waals surface area contributed by atoms with E-state index in [-0.39, 0.29) is 6.61 Å². The predicted molar refractivity (Wildman–Crippen MR) is 35.8 cm³/mol. The Balaban J connectivity index is 2.83. The monoisotopic (exact) mass is 162 g/mol. The van der Waals surface area contributed by atoms with Crippen LogP contribution in [0.15, 0.2) is 11.5 Å². The Hall–Kier alpha value is -0.680. The van der Waals surface area contributed by atoms with Crippen molar-refractivity contribution in [3.63, 3.8) is 0 Å². The molecule has 0 saturated heterocycles. The van der Waals surface area contributed by atoms with Crippen LogP contribution in [0.25, 0.3) is 0 Å². The summed E-state index contributed by atoms with van der Waals surface area (Å²) in [6.07, 6.45) is 0. The lowest BCUT2D eigenvalue weighted by molar-refractivity contribution is -0.110. The fourth-order valence-corrected chi connectivity index (χ4v) is 1.39. The number of carbonyl (C=O) groups is 1. The van der Waals surface area contributed by atoms with Crippen LogP contribution in [-0.2, 0) is 4.79 Å². The minimum Gasteiger partial charge on any atom is -0.507 e. The average Bonchev–Trinajstić information content (AvgIpc) is 2.17. The molecule has 0 fully saturated rings. The van der Waals surface area contributed by atoms with Crippen molar-refractivity contribution in [3.8, 4) is 0 Å². The maximum atomic E-state index is 10.5. The van der Waals surface area contributed by atoms with Crippen molar-refractivity contribution in [1.29, 1.82) is 0 Å². The first-order valence-electron chi connectivity index (χ1n) is 2.60. The van der Waals surface area contributed by atoms with E-state index in [1.54, 1.807) is 0 Å². The number of hydrogen-bond acceptors (Lipinski definition) is 5. The zero-order valence-corrected chi connectivity index (χ0v) is 5.76. The molecule has 10 heavy (non-hydrogen) atoms. The molecule has 0 spiro atoms. The third-order valence-electron chi connectivity index (χ3n) is 1.16. The molecule has 1 aliphatic heterocycles. The summed E-state index contributed by atoms with van der Waals surface area (Å²) in [4.78, 5) is 10.5. The highest BCUT2D eigenvalue weighted by Crippen LogP contribution is 2.30. The first-order chi connectivity index (χ1) is 4.66. The van der Waals surface area contributed by atoms with Gasteiger partial charge in [0, 0.05) is 0 Å². The van der Waals surface area contributed by atoms with E-state index in [4.69, 9.17) is 15.3 Å². The van der Waals surface area contributed by atoms with Gasteiger partial charge in [-0.3, -0.25) is 4.79 Å². The number of hydrogen-bond donors (Lipinski definition) is 3. The SMILES string of the molecule is O=C1S[C@H](CO)C(O)=C1O. The van der Waals surface area contributed by atoms with Gasteiger partial charge in [0.2, 0.25) is 5.76 Å². The van der Waals surface area contributed by atoms with Crippen molar-refractivity contribution >= 4 is 16.9 Å². The molecule has 0 aromatic rings. The van der Waals surface area contributed by atoms with E-state index in [9.17, 15) is 4.79 Å². The molecule has 1 rings (SSSR count). The first kappa shape index (κ1) is 7.43. The van der Waals surface area contributed by atoms with E-state index in [0.29, 0.717) is 0 Å². The van der Waals surface area contributed by atoms with Crippen LogP contribution in [-0.4, -0.2) is 32.3 Å². The van der Waals surface area contributed by atoms with Crippen molar-refractivity contribution in [2.75, 3.05) is 6.61 Å². The minimum absolute atomic E-state index is 0.341. The molecule has 0 aromatic carbocycles. The van der Waals surface area contributed by atoms with Gasteiger partial charge in [-0.2, -0.15) is 0 Å². The lowest BCUT2D eigenvalue weighted by Crippen LogP contribution is -2.07. The molecule has 1 atom stereocenters. The van der Waals surface area contributed by atoms with Crippen molar-refractivity contribution in [1.82, 2.24) is 0 Å². The molecule has 56 valence electrons. The topological polar surface area (TPSA) is 77.8 Å². The van der Waals surface area contributed by atoms with Gasteiger partial charge in [-0.15, -0.1) is 0 Å². The van der Waals surface area contributed by atoms with Gasteiger partial charge in [0.1, 0.15) is 0 Å². The molecule has 3 N–H and O–H groups in total. The Kier molecular flexibility index (Phi) is 1.87. The zero-order valence-electron chi connectivity index (χ0n) is 4.94. The van der Waals surface area contributed by atoms with Crippen molar-refractivity contribution < 1.29 is 20.1 Å². The average molecular weight is 162 g/mol. The maximum absolute atomic E-state index is 10.5. The molecular weight excluding hydrogens is 156 g/mol. The van der Waals surface area contributed by atoms with Crippen molar-refractivity contribution in [2.24, 2.45) is 0 Å². The fraction of sp³-hybridized carbons (Fsp3) is 0.400. The van der Waals surface area contributed by atoms with Gasteiger partial charge in [-0.1, -0.05) is 11.8 Å². The van der Waals surface area contributed by atoms with E-state index < -0.39 is 21.9 Å². The second-order valence-electron chi connectivity index (χ2n) is 1.81. The molecular formula is C5H6O4S. The summed E-state index contributed by atoms with van der Waals surface area (Å²) in [6, 6.07) is 0. The summed E-state index contributed by atoms with van der Waals surface area (Å²) in [6.45, 7) is -0.341. The van der Waals surface area contributed by atoms with Gasteiger partial charge in [0.05, 0.1) is 11.9 Å². The van der Waals surface area contributed by atoms with Gasteiger partial charge in [-0.25, -0.2) is 0 Å². The minimum atomic E-state index is -0.674. The van der Waals surface area contributed by atoms with Gasteiger partial charge < -0.3 is 15.3 Å². The summed E-state index contributed by atoms with van der Waals surface area (Å²) in [5.74, 6) is -1.05. The molecule has 0 aromatic heterocycles. The molecule has 0 saturated carbocycles. The van der Waals surface area contributed by atoms with Crippen LogP contribution in [0, 0.1) is 0 Å². The molecule has 0 bridgehead atoms. The Morgan fingerprint density at radius 1 is 1.50 bits per heavy atom. The number of aliphatic hydroxyl groups is 3. The van der Waals surface area contributed by atoms with Gasteiger partial charge >= 0.3 is 0 Å². The number of aliphatic hydroxyl groups excluding tert-OH is 3. The molecule has 0 aliphatic carbocycles. The summed E-state index contributed by atoms with van der Waals surface area (Å²) in [5.41, 5.74) is 0. The standard InChI is InChI=1S/C5H6O4S/c6-1-2-3(7)4(8)5(9)10-2/h2,6-8H,1H2/t2-/m1/s1. The highest BCUT2D eigenvalue weighted by atomic mass is 32.2. The fourth-order valence-electron chi connectivity index (χ4n) is 0.622. The Labute approximate surface area is 61.2 Å². The van der Waals surface area contributed by atoms with E-state index in [1.807, 2.05) is 0 Å². The third-order valence-corrected chi connectivity index (χ3v) is 2.22. The summed E-state index contributed by atoms with van der Waals surface area (Å²) >= 11 is 0.719. The van der Waals surface area contributed by atoms with E-state index >= 15 is 0 Å². The molecule has 0 radical (unpaired) electrons. The molecule has 0 amide bonds. The predicted octanol–water partition coefficient (Wildman–Crippen LogP) is -0.0517. The zero-order chi connectivity index (χ0) is 7.72. The van der Waals surface area contributed by atoms with Crippen LogP contribution in [0.1, 0.15) is 0 Å². The van der Waals surface area contributed by atoms with E-state index in [1.165, 1.54) is 0 Å². The number of carbonyl (C=O) groups excluding carboxylic acids is 1. The molecule has 0 unspecified atom stereocenters. The Morgan fingerprint density at radius 2 is 2.10 bits per heavy atom. The lowest BCUT2D eigenvalue weighted by atomic mass is 10.3. The molecule has 1 heterocycles. The van der Waals surface area contributed by atoms with E-state index in [0.717, 1.165) is 11.8 Å². The van der Waals surface area contributed by atoms with Crippen LogP contribution in [0.4, 0.5) is 0 Å². The van der Waals surface area contributed by atoms with Crippen LogP contribution in [0.3, 0.4) is 0 Å². The second kappa shape index (κ2) is 2.51. The quantitative estimate of drug-likeness (QED) is 0.503. The molecule has 5 heteroatoms. The highest BCUT2D eigenvalue weighted by Gasteiger charge is 2.32. The van der Waals surface area contributed by atoms with Crippen LogP contribution < -0.4 is 0 Å². The normalized spacial score (nSPS) is 26.1. The van der Waals surface area contributed by atoms with Crippen LogP contribution in [0.2, 0.25) is 0 Å². The van der Waals surface area contributed by atoms with Gasteiger partial charge in [0.25, 0.3) is 5.12 Å². The smallest absolute Gasteiger partial charge is 0.258 e. The summed E-state index contributed by atoms with van der Waals surface area (Å²) in [5, 5.41) is 24.8. The van der Waals surface area contributed by atoms with Crippen LogP contribution >= 0.6 is 11.8 Å². The molecule has 4 nitrogen and oxygen atoms in total. The number of thioether (sulfide) groups is 1. The third kappa shape index (κ3) is 0.975. The second-order valence-corrected chi connectivity index (χ2v) is 2.99. The maximum Gasteiger partial charge on any atom is 0.258 e. The Morgan fingerprint density at radius 3 is 2.30 bits per heavy atom. The largest absolute Gasteiger partial charge is 0.507 e. The summed E-state index contributed by atoms with van der Waals surface area (Å²) in [7, 11) is 0. The molecule has 1 aliphatic rings. The first-order valence-corrected chi connectivity index (χ1v) is 3.48. The van der Waals surface area contributed by atoms with E-state index in [2.05, 4.69) is 0 Å². The van der Waals surface area contributed by atoms with Gasteiger partial charge in [0.15, 0.2) is 5.76 Å². The highest BCUT2D eigenvalue weighted by molar-refractivity contribution is 8.15. The van der Waals surface area contributed by atoms with Crippen molar-refractivity contribution in [2.45, 2.75) is 5.25 Å². The summed E-state index contributed by atoms with van der Waals surface area (Å²) < 4.78 is 0. The lowest BCUT2D eigenvalue weighted by Gasteiger charge is -2.00. The van der Waals surface area contributed by atoms with Crippen LogP contribution in [0.5, 0.6) is 0 Å². The Bertz CT molecular complexity index is 198. The van der Waals surface area contributed by atoms with Crippen molar-refractivity contribution in [3.05, 3.63) is 11.5 Å². The number of rotatable bonds is 1.